The topological polar surface area (TPSA) is 36.0 Å². The number of amides is 1. The monoisotopic (exact) mass is 641 g/mol. The number of nitrogens with zero attached hydrogens (tertiary/aromatic N) is 3. The average Bonchev–Trinajstić information content (AvgIpc) is 2.87. The summed E-state index contributed by atoms with van der Waals surface area (Å²) in [6.07, 6.45) is -1.81. The van der Waals surface area contributed by atoms with Gasteiger partial charge >= 0.3 is 6.18 Å². The van der Waals surface area contributed by atoms with Crippen molar-refractivity contribution in [3.8, 4) is 0 Å². The third-order valence-electron chi connectivity index (χ3n) is 7.16. The Labute approximate surface area is 256 Å². The molecule has 2 fully saturated rings. The van der Waals surface area contributed by atoms with Gasteiger partial charge in [0.25, 0.3) is 5.91 Å². The molecule has 0 aromatic heterocycles. The summed E-state index contributed by atoms with van der Waals surface area (Å²) in [5, 5.41) is 0.634. The molecule has 2 saturated heterocycles. The quantitative estimate of drug-likeness (QED) is 0.327. The van der Waals surface area contributed by atoms with E-state index in [4.69, 9.17) is 16.3 Å². The van der Waals surface area contributed by atoms with Crippen LogP contribution in [0.3, 0.4) is 0 Å². The number of piperazine rings is 1. The fourth-order valence-corrected chi connectivity index (χ4v) is 5.99. The van der Waals surface area contributed by atoms with E-state index < -0.39 is 11.7 Å². The number of halogens is 6. The van der Waals surface area contributed by atoms with Crippen molar-refractivity contribution in [3.63, 3.8) is 0 Å². The Bertz CT molecular complexity index is 1100. The van der Waals surface area contributed by atoms with Gasteiger partial charge in [0, 0.05) is 67.3 Å². The Morgan fingerprint density at radius 3 is 2.20 bits per heavy atom. The van der Waals surface area contributed by atoms with Gasteiger partial charge in [0.15, 0.2) is 0 Å². The molecular weight excluding hydrogens is 606 g/mol. The van der Waals surface area contributed by atoms with Gasteiger partial charge in [0.05, 0.1) is 17.8 Å². The van der Waals surface area contributed by atoms with E-state index in [-0.39, 0.29) is 54.5 Å². The SMILES string of the molecule is CSc1cc(C(=O)N2CCN(CCN3C[C@@H](C)O[C@@H](C)C3)CC2Cc2ccc(Cl)cc2)cc(C(F)(F)F)c1.Cl.Cl. The number of hydrogen-bond donors (Lipinski definition) is 0. The number of thioether (sulfide) groups is 1. The minimum absolute atomic E-state index is 0. The van der Waals surface area contributed by atoms with Gasteiger partial charge in [-0.1, -0.05) is 23.7 Å². The zero-order chi connectivity index (χ0) is 27.4. The summed E-state index contributed by atoms with van der Waals surface area (Å²) >= 11 is 7.27. The minimum Gasteiger partial charge on any atom is -0.373 e. The van der Waals surface area contributed by atoms with E-state index in [0.29, 0.717) is 36.0 Å². The Morgan fingerprint density at radius 1 is 0.975 bits per heavy atom. The fourth-order valence-electron chi connectivity index (χ4n) is 5.38. The van der Waals surface area contributed by atoms with Crippen LogP contribution in [0, 0.1) is 0 Å². The second-order valence-corrected chi connectivity index (χ2v) is 11.6. The molecule has 0 spiro atoms. The maximum Gasteiger partial charge on any atom is 0.416 e. The van der Waals surface area contributed by atoms with E-state index in [1.165, 1.54) is 11.8 Å². The number of ether oxygens (including phenoxy) is 1. The molecule has 5 nitrogen and oxygen atoms in total. The molecule has 2 aromatic carbocycles. The number of carbonyl (C=O) groups excluding carboxylic acids is 1. The zero-order valence-corrected chi connectivity index (χ0v) is 26.0. The molecule has 0 radical (unpaired) electrons. The summed E-state index contributed by atoms with van der Waals surface area (Å²) < 4.78 is 46.5. The summed E-state index contributed by atoms with van der Waals surface area (Å²) in [7, 11) is 0. The molecule has 1 unspecified atom stereocenters. The van der Waals surface area contributed by atoms with Gasteiger partial charge in [0.1, 0.15) is 0 Å². The fraction of sp³-hybridized carbons (Fsp3) is 0.536. The van der Waals surface area contributed by atoms with Crippen LogP contribution in [0.15, 0.2) is 47.4 Å². The molecule has 40 heavy (non-hydrogen) atoms. The second kappa shape index (κ2) is 15.3. The molecule has 1 amide bonds. The largest absolute Gasteiger partial charge is 0.416 e. The Morgan fingerprint density at radius 2 is 1.60 bits per heavy atom. The lowest BCUT2D eigenvalue weighted by Crippen LogP contribution is -2.57. The average molecular weight is 643 g/mol. The van der Waals surface area contributed by atoms with Crippen LogP contribution in [0.4, 0.5) is 13.2 Å². The smallest absolute Gasteiger partial charge is 0.373 e. The van der Waals surface area contributed by atoms with Crippen LogP contribution in [0.5, 0.6) is 0 Å². The molecule has 2 aromatic rings. The van der Waals surface area contributed by atoms with Gasteiger partial charge in [-0.3, -0.25) is 14.6 Å². The predicted molar refractivity (Wildman–Crippen MR) is 161 cm³/mol. The van der Waals surface area contributed by atoms with Gasteiger partial charge in [-0.25, -0.2) is 0 Å². The summed E-state index contributed by atoms with van der Waals surface area (Å²) in [5.74, 6) is -0.360. The maximum atomic E-state index is 13.7. The van der Waals surface area contributed by atoms with Gasteiger partial charge in [0.2, 0.25) is 0 Å². The maximum absolute atomic E-state index is 13.7. The standard InChI is InChI=1S/C28H35ClF3N3O2S.2ClH/c1-19-16-34(17-20(2)37-19)9-8-33-10-11-35(25(18-33)12-21-4-6-24(29)7-5-21)27(36)22-13-23(28(30,31)32)15-26(14-22)38-3;;/h4-7,13-15,19-20,25H,8-12,16-18H2,1-3H3;2*1H/t19-,20+,25?;;. The summed E-state index contributed by atoms with van der Waals surface area (Å²) in [6.45, 7) is 9.51. The van der Waals surface area contributed by atoms with Crippen molar-refractivity contribution in [1.82, 2.24) is 14.7 Å². The third-order valence-corrected chi connectivity index (χ3v) is 8.12. The lowest BCUT2D eigenvalue weighted by molar-refractivity contribution is -0.137. The van der Waals surface area contributed by atoms with Crippen molar-refractivity contribution in [2.24, 2.45) is 0 Å². The highest BCUT2D eigenvalue weighted by atomic mass is 35.5. The molecule has 224 valence electrons. The van der Waals surface area contributed by atoms with Gasteiger partial charge in [-0.15, -0.1) is 36.6 Å². The molecule has 2 heterocycles. The van der Waals surface area contributed by atoms with Crippen molar-refractivity contribution in [3.05, 3.63) is 64.2 Å². The lowest BCUT2D eigenvalue weighted by atomic mass is 10.00. The van der Waals surface area contributed by atoms with Crippen molar-refractivity contribution in [1.29, 1.82) is 0 Å². The van der Waals surface area contributed by atoms with Crippen LogP contribution in [-0.2, 0) is 17.3 Å². The van der Waals surface area contributed by atoms with Crippen LogP contribution < -0.4 is 0 Å². The van der Waals surface area contributed by atoms with E-state index in [1.807, 2.05) is 24.3 Å². The first kappa shape index (κ1) is 35.0. The first-order valence-electron chi connectivity index (χ1n) is 12.9. The van der Waals surface area contributed by atoms with Crippen LogP contribution in [0.2, 0.25) is 5.02 Å². The lowest BCUT2D eigenvalue weighted by Gasteiger charge is -2.43. The summed E-state index contributed by atoms with van der Waals surface area (Å²) in [6, 6.07) is 11.0. The molecule has 3 atom stereocenters. The minimum atomic E-state index is -4.52. The van der Waals surface area contributed by atoms with E-state index in [2.05, 4.69) is 23.6 Å². The Kier molecular flexibility index (Phi) is 13.4. The molecule has 2 aliphatic heterocycles. The van der Waals surface area contributed by atoms with Crippen LogP contribution in [0.1, 0.15) is 35.3 Å². The second-order valence-electron chi connectivity index (χ2n) is 10.2. The van der Waals surface area contributed by atoms with Crippen molar-refractivity contribution < 1.29 is 22.7 Å². The summed E-state index contributed by atoms with van der Waals surface area (Å²) in [5.41, 5.74) is 0.313. The van der Waals surface area contributed by atoms with Crippen molar-refractivity contribution in [2.45, 2.75) is 49.6 Å². The Hall–Kier alpha value is -1.20. The van der Waals surface area contributed by atoms with E-state index in [0.717, 1.165) is 43.9 Å². The number of benzene rings is 2. The molecule has 0 aliphatic carbocycles. The highest BCUT2D eigenvalue weighted by Crippen LogP contribution is 2.33. The van der Waals surface area contributed by atoms with Gasteiger partial charge in [-0.05, 0) is 62.4 Å². The van der Waals surface area contributed by atoms with Gasteiger partial charge in [-0.2, -0.15) is 13.2 Å². The molecule has 0 saturated carbocycles. The normalized spacial score (nSPS) is 22.4. The molecule has 2 aliphatic rings. The molecule has 12 heteroatoms. The first-order chi connectivity index (χ1) is 18.0. The highest BCUT2D eigenvalue weighted by molar-refractivity contribution is 7.98. The number of carbonyl (C=O) groups is 1. The molecule has 4 rings (SSSR count). The van der Waals surface area contributed by atoms with Crippen LogP contribution in [0.25, 0.3) is 0 Å². The zero-order valence-electron chi connectivity index (χ0n) is 22.8. The van der Waals surface area contributed by atoms with E-state index in [9.17, 15) is 18.0 Å². The van der Waals surface area contributed by atoms with Crippen LogP contribution >= 0.6 is 48.2 Å². The number of rotatable bonds is 7. The highest BCUT2D eigenvalue weighted by Gasteiger charge is 2.35. The molecule has 0 bridgehead atoms. The predicted octanol–water partition coefficient (Wildman–Crippen LogP) is 6.40. The van der Waals surface area contributed by atoms with Gasteiger partial charge < -0.3 is 9.64 Å². The van der Waals surface area contributed by atoms with Crippen molar-refractivity contribution in [2.75, 3.05) is 52.1 Å². The van der Waals surface area contributed by atoms with E-state index >= 15 is 0 Å². The Balaban J connectivity index is 0.00000280. The first-order valence-corrected chi connectivity index (χ1v) is 14.5. The van der Waals surface area contributed by atoms with Crippen LogP contribution in [-0.4, -0.2) is 90.9 Å². The van der Waals surface area contributed by atoms with Crippen molar-refractivity contribution >= 4 is 54.1 Å². The third kappa shape index (κ3) is 9.41. The number of alkyl halides is 3. The molecule has 0 N–H and O–H groups in total. The number of hydrogen-bond acceptors (Lipinski definition) is 5. The summed E-state index contributed by atoms with van der Waals surface area (Å²) in [4.78, 5) is 20.6. The number of morpholine rings is 1. The van der Waals surface area contributed by atoms with E-state index in [1.54, 1.807) is 17.2 Å². The molecular formula is C28H37Cl3F3N3O2S.